The number of ether oxygens (including phenoxy) is 2. The van der Waals surface area contributed by atoms with Crippen LogP contribution in [0.3, 0.4) is 0 Å². The predicted molar refractivity (Wildman–Crippen MR) is 119 cm³/mol. The van der Waals surface area contributed by atoms with E-state index in [0.29, 0.717) is 12.5 Å². The van der Waals surface area contributed by atoms with Crippen molar-refractivity contribution in [3.63, 3.8) is 0 Å². The molecule has 0 saturated carbocycles. The Kier molecular flexibility index (Phi) is 7.16. The number of anilines is 1. The molecule has 0 aromatic heterocycles. The van der Waals surface area contributed by atoms with Gasteiger partial charge in [-0.15, -0.1) is 0 Å². The summed E-state index contributed by atoms with van der Waals surface area (Å²) in [4.78, 5) is 17.3. The van der Waals surface area contributed by atoms with Crippen LogP contribution in [0.1, 0.15) is 51.9 Å². The van der Waals surface area contributed by atoms with Gasteiger partial charge >= 0.3 is 6.03 Å². The first-order valence-corrected chi connectivity index (χ1v) is 11.8. The first-order chi connectivity index (χ1) is 14.7. The molecule has 3 saturated heterocycles. The van der Waals surface area contributed by atoms with Crippen LogP contribution in [0.5, 0.6) is 5.75 Å². The minimum absolute atomic E-state index is 0.0186. The molecule has 0 aliphatic carbocycles. The first kappa shape index (κ1) is 21.4. The van der Waals surface area contributed by atoms with Gasteiger partial charge in [0.15, 0.2) is 0 Å². The monoisotopic (exact) mass is 415 g/mol. The average molecular weight is 416 g/mol. The zero-order valence-corrected chi connectivity index (χ0v) is 18.4. The largest absolute Gasteiger partial charge is 0.492 e. The molecule has 3 fully saturated rings. The summed E-state index contributed by atoms with van der Waals surface area (Å²) in [5.41, 5.74) is 0.937. The number of carbonyl (C=O) groups is 1. The lowest BCUT2D eigenvalue weighted by molar-refractivity contribution is -0.112. The first-order valence-electron chi connectivity index (χ1n) is 11.8. The molecule has 6 nitrogen and oxygen atoms in total. The molecule has 1 spiro atoms. The molecule has 1 aromatic rings. The van der Waals surface area contributed by atoms with E-state index in [-0.39, 0.29) is 11.6 Å². The highest BCUT2D eigenvalue weighted by atomic mass is 16.5. The number of benzene rings is 1. The Labute approximate surface area is 180 Å². The van der Waals surface area contributed by atoms with Crippen LogP contribution in [0.15, 0.2) is 24.3 Å². The Bertz CT molecular complexity index is 687. The van der Waals surface area contributed by atoms with E-state index in [4.69, 9.17) is 9.47 Å². The normalized spacial score (nSPS) is 22.8. The summed E-state index contributed by atoms with van der Waals surface area (Å²) in [6.07, 6.45) is 8.35. The van der Waals surface area contributed by atoms with E-state index in [1.165, 1.54) is 38.6 Å². The van der Waals surface area contributed by atoms with Gasteiger partial charge in [0.05, 0.1) is 17.9 Å². The SMILES string of the molecule is CCOc1ccccc1NC(=O)N1CCC(CN2CCC3(CCCCO3)CC2)CC1. The summed E-state index contributed by atoms with van der Waals surface area (Å²) in [5, 5.41) is 3.03. The molecule has 4 rings (SSSR count). The highest BCUT2D eigenvalue weighted by molar-refractivity contribution is 5.91. The van der Waals surface area contributed by atoms with Crippen LogP contribution < -0.4 is 10.1 Å². The fourth-order valence-electron chi connectivity index (χ4n) is 5.18. The van der Waals surface area contributed by atoms with Crippen molar-refractivity contribution in [3.8, 4) is 5.75 Å². The highest BCUT2D eigenvalue weighted by Crippen LogP contribution is 2.35. The van der Waals surface area contributed by atoms with Crippen LogP contribution >= 0.6 is 0 Å². The van der Waals surface area contributed by atoms with E-state index in [2.05, 4.69) is 10.2 Å². The minimum atomic E-state index is -0.0186. The fourth-order valence-corrected chi connectivity index (χ4v) is 5.18. The second-order valence-corrected chi connectivity index (χ2v) is 9.08. The van der Waals surface area contributed by atoms with Crippen molar-refractivity contribution in [3.05, 3.63) is 24.3 Å². The molecule has 3 aliphatic rings. The molecule has 1 aromatic carbocycles. The summed E-state index contributed by atoms with van der Waals surface area (Å²) in [5.74, 6) is 1.42. The van der Waals surface area contributed by atoms with Gasteiger partial charge in [-0.3, -0.25) is 0 Å². The molecule has 30 heavy (non-hydrogen) atoms. The smallest absolute Gasteiger partial charge is 0.321 e. The minimum Gasteiger partial charge on any atom is -0.492 e. The number of amides is 2. The topological polar surface area (TPSA) is 54.0 Å². The van der Waals surface area contributed by atoms with Crippen molar-refractivity contribution in [2.24, 2.45) is 5.92 Å². The molecule has 6 heteroatoms. The van der Waals surface area contributed by atoms with Crippen molar-refractivity contribution >= 4 is 11.7 Å². The lowest BCUT2D eigenvalue weighted by atomic mass is 9.84. The molecule has 2 amide bonds. The third kappa shape index (κ3) is 5.27. The van der Waals surface area contributed by atoms with Gasteiger partial charge < -0.3 is 24.6 Å². The molecule has 0 unspecified atom stereocenters. The van der Waals surface area contributed by atoms with Crippen molar-refractivity contribution in [1.82, 2.24) is 9.80 Å². The Morgan fingerprint density at radius 1 is 1.13 bits per heavy atom. The molecule has 0 radical (unpaired) electrons. The van der Waals surface area contributed by atoms with Gasteiger partial charge in [-0.25, -0.2) is 4.79 Å². The fraction of sp³-hybridized carbons (Fsp3) is 0.708. The second kappa shape index (κ2) is 10.0. The molecule has 1 N–H and O–H groups in total. The van der Waals surface area contributed by atoms with Crippen LogP contribution in [0.2, 0.25) is 0 Å². The van der Waals surface area contributed by atoms with E-state index in [9.17, 15) is 4.79 Å². The number of hydrogen-bond donors (Lipinski definition) is 1. The Balaban J connectivity index is 1.20. The molecule has 0 atom stereocenters. The Hall–Kier alpha value is -1.79. The van der Waals surface area contributed by atoms with Gasteiger partial charge in [0.1, 0.15) is 5.75 Å². The van der Waals surface area contributed by atoms with Gasteiger partial charge in [0, 0.05) is 39.3 Å². The summed E-state index contributed by atoms with van der Waals surface area (Å²) in [6, 6.07) is 7.62. The van der Waals surface area contributed by atoms with E-state index < -0.39 is 0 Å². The maximum atomic E-state index is 12.7. The van der Waals surface area contributed by atoms with Gasteiger partial charge in [-0.2, -0.15) is 0 Å². The third-order valence-corrected chi connectivity index (χ3v) is 7.05. The van der Waals surface area contributed by atoms with Gasteiger partial charge in [-0.05, 0) is 69.9 Å². The number of nitrogens with one attached hydrogen (secondary N) is 1. The molecular weight excluding hydrogens is 378 g/mol. The van der Waals surface area contributed by atoms with E-state index in [1.807, 2.05) is 36.1 Å². The number of piperidine rings is 2. The standard InChI is InChI=1S/C24H37N3O3/c1-2-29-22-8-4-3-7-21(22)25-23(28)27-14-9-20(10-15-27)19-26-16-12-24(13-17-26)11-5-6-18-30-24/h3-4,7-8,20H,2,5-6,9-19H2,1H3,(H,25,28). The number of likely N-dealkylation sites (tertiary alicyclic amines) is 2. The molecule has 0 bridgehead atoms. The number of urea groups is 1. The highest BCUT2D eigenvalue weighted by Gasteiger charge is 2.37. The Morgan fingerprint density at radius 2 is 1.90 bits per heavy atom. The van der Waals surface area contributed by atoms with Crippen molar-refractivity contribution in [1.29, 1.82) is 0 Å². The van der Waals surface area contributed by atoms with Crippen molar-refractivity contribution in [2.75, 3.05) is 51.3 Å². The van der Waals surface area contributed by atoms with Crippen LogP contribution in [-0.4, -0.2) is 67.4 Å². The number of rotatable bonds is 5. The van der Waals surface area contributed by atoms with Gasteiger partial charge in [0.2, 0.25) is 0 Å². The second-order valence-electron chi connectivity index (χ2n) is 9.08. The van der Waals surface area contributed by atoms with E-state index in [1.54, 1.807) is 0 Å². The number of nitrogens with zero attached hydrogens (tertiary/aromatic N) is 2. The van der Waals surface area contributed by atoms with Crippen molar-refractivity contribution < 1.29 is 14.3 Å². The van der Waals surface area contributed by atoms with Gasteiger partial charge in [-0.1, -0.05) is 12.1 Å². The Morgan fingerprint density at radius 3 is 2.60 bits per heavy atom. The lowest BCUT2D eigenvalue weighted by Crippen LogP contribution is -2.49. The van der Waals surface area contributed by atoms with E-state index in [0.717, 1.165) is 57.1 Å². The predicted octanol–water partition coefficient (Wildman–Crippen LogP) is 4.36. The number of para-hydroxylation sites is 2. The summed E-state index contributed by atoms with van der Waals surface area (Å²) in [6.45, 7) is 8.64. The summed E-state index contributed by atoms with van der Waals surface area (Å²) in [7, 11) is 0. The summed E-state index contributed by atoms with van der Waals surface area (Å²) >= 11 is 0. The molecule has 3 aliphatic heterocycles. The van der Waals surface area contributed by atoms with Crippen LogP contribution in [0.25, 0.3) is 0 Å². The zero-order chi connectivity index (χ0) is 20.8. The quantitative estimate of drug-likeness (QED) is 0.776. The van der Waals surface area contributed by atoms with Gasteiger partial charge in [0.25, 0.3) is 0 Å². The van der Waals surface area contributed by atoms with Crippen LogP contribution in [-0.2, 0) is 4.74 Å². The van der Waals surface area contributed by atoms with Crippen molar-refractivity contribution in [2.45, 2.75) is 57.5 Å². The zero-order valence-electron chi connectivity index (χ0n) is 18.4. The lowest BCUT2D eigenvalue weighted by Gasteiger charge is -2.45. The maximum Gasteiger partial charge on any atom is 0.321 e. The average Bonchev–Trinajstić information content (AvgIpc) is 2.78. The number of hydrogen-bond acceptors (Lipinski definition) is 4. The molecule has 3 heterocycles. The van der Waals surface area contributed by atoms with Crippen LogP contribution in [0.4, 0.5) is 10.5 Å². The third-order valence-electron chi connectivity index (χ3n) is 7.05. The van der Waals surface area contributed by atoms with E-state index >= 15 is 0 Å². The molecule has 166 valence electrons. The summed E-state index contributed by atoms with van der Waals surface area (Å²) < 4.78 is 11.8. The van der Waals surface area contributed by atoms with Crippen LogP contribution in [0, 0.1) is 5.92 Å². The molecular formula is C24H37N3O3. The number of carbonyl (C=O) groups excluding carboxylic acids is 1. The maximum absolute atomic E-state index is 12.7.